The topological polar surface area (TPSA) is 164 Å². The number of benzene rings is 2. The van der Waals surface area contributed by atoms with Gasteiger partial charge in [0.25, 0.3) is 5.91 Å². The van der Waals surface area contributed by atoms with Crippen LogP contribution in [0.5, 0.6) is 0 Å². The Hall–Kier alpha value is -4.19. The van der Waals surface area contributed by atoms with Gasteiger partial charge >= 0.3 is 5.97 Å². The predicted molar refractivity (Wildman–Crippen MR) is 168 cm³/mol. The van der Waals surface area contributed by atoms with Gasteiger partial charge in [0.1, 0.15) is 11.1 Å². The Morgan fingerprint density at radius 3 is 2.30 bits per heavy atom. The van der Waals surface area contributed by atoms with Crippen molar-refractivity contribution in [2.24, 2.45) is 4.99 Å². The molecule has 228 valence electrons. The summed E-state index contributed by atoms with van der Waals surface area (Å²) >= 11 is 1.24. The number of carboxylic acids is 1. The zero-order chi connectivity index (χ0) is 30.8. The van der Waals surface area contributed by atoms with Crippen LogP contribution in [0.1, 0.15) is 67.8 Å². The Morgan fingerprint density at radius 1 is 0.930 bits per heavy atom. The standard InChI is InChI=1S/C31H38N6O5S/c1-20-27(30(42)34-19-17-26(39)40)43-31(37(20)24-15-16-24)36-29(41)22-13-11-21(12-14-22)28(32)33-18-7-3-6-10-25(38)35-23-8-4-2-5-9-23/h2,4-5,8-9,11-14,20,24,27H,3,6-7,10,15-19H2,1H3,(H2,32,33)(H,34,42)(H,35,38)(H,39,40). The molecule has 4 rings (SSSR count). The third-order valence-corrected chi connectivity index (χ3v) is 8.60. The SMILES string of the molecule is CC1C(C(=O)NCCC(=O)O)SC(=NC(=O)c2ccc(C(=N)NCCCCCC(=O)Nc3ccccc3)cc2)N1C1CC1. The molecule has 0 aromatic heterocycles. The normalized spacial score (nSPS) is 18.7. The van der Waals surface area contributed by atoms with Crippen molar-refractivity contribution in [3.63, 3.8) is 0 Å². The van der Waals surface area contributed by atoms with Gasteiger partial charge in [-0.25, -0.2) is 0 Å². The Balaban J connectivity index is 1.22. The number of thioether (sulfide) groups is 1. The number of hydrogen-bond donors (Lipinski definition) is 5. The van der Waals surface area contributed by atoms with Crippen LogP contribution in [0, 0.1) is 5.41 Å². The summed E-state index contributed by atoms with van der Waals surface area (Å²) in [7, 11) is 0. The fraction of sp³-hybridized carbons (Fsp3) is 0.419. The van der Waals surface area contributed by atoms with Gasteiger partial charge in [0.2, 0.25) is 11.8 Å². The Morgan fingerprint density at radius 2 is 1.63 bits per heavy atom. The molecule has 2 unspecified atom stereocenters. The zero-order valence-corrected chi connectivity index (χ0v) is 25.0. The van der Waals surface area contributed by atoms with Crippen molar-refractivity contribution in [2.75, 3.05) is 18.4 Å². The summed E-state index contributed by atoms with van der Waals surface area (Å²) in [6.45, 7) is 2.58. The average Bonchev–Trinajstić information content (AvgIpc) is 3.77. The molecule has 0 radical (unpaired) electrons. The van der Waals surface area contributed by atoms with Gasteiger partial charge in [-0.1, -0.05) is 48.5 Å². The maximum absolute atomic E-state index is 13.0. The Bertz CT molecular complexity index is 1350. The molecule has 2 aliphatic rings. The number of para-hydroxylation sites is 1. The maximum Gasteiger partial charge on any atom is 0.305 e. The molecule has 43 heavy (non-hydrogen) atoms. The second kappa shape index (κ2) is 15.3. The quantitative estimate of drug-likeness (QED) is 0.123. The van der Waals surface area contributed by atoms with Gasteiger partial charge in [0, 0.05) is 48.4 Å². The third-order valence-electron chi connectivity index (χ3n) is 7.22. The second-order valence-electron chi connectivity index (χ2n) is 10.7. The van der Waals surface area contributed by atoms with Gasteiger partial charge in [0.05, 0.1) is 6.42 Å². The number of amides is 3. The molecule has 1 saturated carbocycles. The van der Waals surface area contributed by atoms with Crippen molar-refractivity contribution in [3.05, 3.63) is 65.7 Å². The highest BCUT2D eigenvalue weighted by molar-refractivity contribution is 8.15. The van der Waals surface area contributed by atoms with Crippen molar-refractivity contribution >= 4 is 52.1 Å². The number of amidine groups is 2. The zero-order valence-electron chi connectivity index (χ0n) is 24.2. The van der Waals surface area contributed by atoms with Crippen molar-refractivity contribution in [1.29, 1.82) is 5.41 Å². The fourth-order valence-corrected chi connectivity index (χ4v) is 6.08. The lowest BCUT2D eigenvalue weighted by Crippen LogP contribution is -2.43. The van der Waals surface area contributed by atoms with E-state index >= 15 is 0 Å². The van der Waals surface area contributed by atoms with E-state index in [1.807, 2.05) is 42.2 Å². The van der Waals surface area contributed by atoms with Crippen LogP contribution in [0.25, 0.3) is 0 Å². The van der Waals surface area contributed by atoms with Gasteiger partial charge in [-0.3, -0.25) is 24.6 Å². The predicted octanol–water partition coefficient (Wildman–Crippen LogP) is 3.86. The van der Waals surface area contributed by atoms with E-state index in [1.54, 1.807) is 24.3 Å². The van der Waals surface area contributed by atoms with E-state index in [-0.39, 0.29) is 42.7 Å². The summed E-state index contributed by atoms with van der Waals surface area (Å²) < 4.78 is 0. The Kier molecular flexibility index (Phi) is 11.3. The molecular formula is C31H38N6O5S. The number of hydrogen-bond acceptors (Lipinski definition) is 6. The first-order valence-corrected chi connectivity index (χ1v) is 15.5. The monoisotopic (exact) mass is 606 g/mol. The number of aliphatic imine (C=N–C) groups is 1. The minimum atomic E-state index is -0.978. The molecule has 12 heteroatoms. The van der Waals surface area contributed by atoms with Crippen LogP contribution in [0.3, 0.4) is 0 Å². The second-order valence-corrected chi connectivity index (χ2v) is 11.8. The number of carboxylic acid groups (broad SMARTS) is 1. The highest BCUT2D eigenvalue weighted by Crippen LogP contribution is 2.40. The van der Waals surface area contributed by atoms with Crippen LogP contribution in [0.4, 0.5) is 5.69 Å². The molecule has 1 heterocycles. The lowest BCUT2D eigenvalue weighted by atomic mass is 10.1. The van der Waals surface area contributed by atoms with Crippen LogP contribution in [0.15, 0.2) is 59.6 Å². The molecule has 2 atom stereocenters. The summed E-state index contributed by atoms with van der Waals surface area (Å²) in [6.07, 6.45) is 4.68. The van der Waals surface area contributed by atoms with Crippen LogP contribution in [-0.4, -0.2) is 75.1 Å². The molecular weight excluding hydrogens is 568 g/mol. The van der Waals surface area contributed by atoms with Crippen LogP contribution < -0.4 is 16.0 Å². The van der Waals surface area contributed by atoms with Crippen LogP contribution in [-0.2, 0) is 14.4 Å². The van der Waals surface area contributed by atoms with E-state index < -0.39 is 17.1 Å². The van der Waals surface area contributed by atoms with Crippen LogP contribution in [0.2, 0.25) is 0 Å². The van der Waals surface area contributed by atoms with Gasteiger partial charge < -0.3 is 26.0 Å². The molecule has 0 bridgehead atoms. The summed E-state index contributed by atoms with van der Waals surface area (Å²) in [5, 5.41) is 25.8. The fourth-order valence-electron chi connectivity index (χ4n) is 4.76. The van der Waals surface area contributed by atoms with Gasteiger partial charge in [0.15, 0.2) is 5.17 Å². The van der Waals surface area contributed by atoms with E-state index in [0.29, 0.717) is 29.3 Å². The van der Waals surface area contributed by atoms with E-state index in [2.05, 4.69) is 20.9 Å². The van der Waals surface area contributed by atoms with Gasteiger partial charge in [-0.2, -0.15) is 4.99 Å². The molecule has 2 aromatic carbocycles. The molecule has 11 nitrogen and oxygen atoms in total. The molecule has 5 N–H and O–H groups in total. The summed E-state index contributed by atoms with van der Waals surface area (Å²) in [6, 6.07) is 16.1. The highest BCUT2D eigenvalue weighted by Gasteiger charge is 2.46. The lowest BCUT2D eigenvalue weighted by molar-refractivity contribution is -0.137. The maximum atomic E-state index is 13.0. The molecule has 2 fully saturated rings. The smallest absolute Gasteiger partial charge is 0.305 e. The average molecular weight is 607 g/mol. The first-order chi connectivity index (χ1) is 20.7. The minimum Gasteiger partial charge on any atom is -0.481 e. The first kappa shape index (κ1) is 31.7. The van der Waals surface area contributed by atoms with Gasteiger partial charge in [-0.05, 0) is 56.9 Å². The largest absolute Gasteiger partial charge is 0.481 e. The summed E-state index contributed by atoms with van der Waals surface area (Å²) in [5.41, 5.74) is 1.82. The molecule has 0 spiro atoms. The molecule has 1 saturated heterocycles. The molecule has 2 aromatic rings. The number of rotatable bonds is 14. The first-order valence-electron chi connectivity index (χ1n) is 14.6. The van der Waals surface area contributed by atoms with E-state index in [4.69, 9.17) is 10.5 Å². The van der Waals surface area contributed by atoms with Gasteiger partial charge in [-0.15, -0.1) is 0 Å². The molecule has 1 aliphatic carbocycles. The van der Waals surface area contributed by atoms with E-state index in [0.717, 1.165) is 37.8 Å². The van der Waals surface area contributed by atoms with Crippen LogP contribution >= 0.6 is 11.8 Å². The van der Waals surface area contributed by atoms with E-state index in [1.165, 1.54) is 11.8 Å². The number of aliphatic carboxylic acids is 1. The number of carbonyl (C=O) groups excluding carboxylic acids is 3. The lowest BCUT2D eigenvalue weighted by Gasteiger charge is -2.24. The molecule has 3 amide bonds. The number of nitrogens with zero attached hydrogens (tertiary/aromatic N) is 2. The highest BCUT2D eigenvalue weighted by atomic mass is 32.2. The number of unbranched alkanes of at least 4 members (excludes halogenated alkanes) is 2. The van der Waals surface area contributed by atoms with Crippen molar-refractivity contribution in [2.45, 2.75) is 69.2 Å². The van der Waals surface area contributed by atoms with Crippen molar-refractivity contribution in [3.8, 4) is 0 Å². The van der Waals surface area contributed by atoms with E-state index in [9.17, 15) is 19.2 Å². The van der Waals surface area contributed by atoms with Crippen molar-refractivity contribution in [1.82, 2.24) is 15.5 Å². The summed E-state index contributed by atoms with van der Waals surface area (Å²) in [4.78, 5) is 55.0. The summed E-state index contributed by atoms with van der Waals surface area (Å²) in [5.74, 6) is -1.41. The number of carbonyl (C=O) groups is 4. The third kappa shape index (κ3) is 9.40. The van der Waals surface area contributed by atoms with Crippen molar-refractivity contribution < 1.29 is 24.3 Å². The Labute approximate surface area is 255 Å². The number of nitrogens with one attached hydrogen (secondary N) is 4. The molecule has 1 aliphatic heterocycles. The number of anilines is 1. The minimum absolute atomic E-state index is 0.00810.